The van der Waals surface area contributed by atoms with E-state index in [9.17, 15) is 10.1 Å². The van der Waals surface area contributed by atoms with Gasteiger partial charge in [-0.1, -0.05) is 70.2 Å². The van der Waals surface area contributed by atoms with Crippen molar-refractivity contribution in [3.8, 4) is 11.8 Å². The molecular weight excluding hydrogens is 394 g/mol. The number of nitriles is 1. The fraction of sp³-hybridized carbons (Fsp3) is 0.393. The van der Waals surface area contributed by atoms with Gasteiger partial charge in [0.25, 0.3) is 0 Å². The molecule has 1 saturated carbocycles. The molecule has 1 heterocycles. The molecule has 0 spiro atoms. The lowest BCUT2D eigenvalue weighted by Crippen LogP contribution is -2.38. The number of ketones is 1. The largest absolute Gasteiger partial charge is 0.293 e. The molecule has 3 atom stereocenters. The van der Waals surface area contributed by atoms with Crippen molar-refractivity contribution in [2.45, 2.75) is 58.3 Å². The Labute approximate surface area is 189 Å². The maximum absolute atomic E-state index is 13.6. The molecule has 0 radical (unpaired) electrons. The monoisotopic (exact) mass is 423 g/mol. The van der Waals surface area contributed by atoms with Crippen LogP contribution in [0, 0.1) is 22.7 Å². The van der Waals surface area contributed by atoms with E-state index in [1.165, 1.54) is 11.1 Å². The summed E-state index contributed by atoms with van der Waals surface area (Å²) >= 11 is 0. The van der Waals surface area contributed by atoms with E-state index in [1.54, 1.807) is 0 Å². The zero-order valence-electron chi connectivity index (χ0n) is 19.2. The van der Waals surface area contributed by atoms with Crippen LogP contribution >= 0.6 is 0 Å². The molecule has 0 aliphatic heterocycles. The van der Waals surface area contributed by atoms with Crippen LogP contribution in [0.5, 0.6) is 0 Å². The van der Waals surface area contributed by atoms with Gasteiger partial charge in [-0.2, -0.15) is 10.4 Å². The summed E-state index contributed by atoms with van der Waals surface area (Å²) in [5.74, 6) is 0.379. The van der Waals surface area contributed by atoms with Crippen LogP contribution < -0.4 is 0 Å². The Morgan fingerprint density at radius 2 is 1.75 bits per heavy atom. The second-order valence-electron chi connectivity index (χ2n) is 10.3. The van der Waals surface area contributed by atoms with Crippen molar-refractivity contribution in [1.29, 1.82) is 5.26 Å². The summed E-state index contributed by atoms with van der Waals surface area (Å²) in [5.41, 5.74) is 5.67. The van der Waals surface area contributed by atoms with Crippen molar-refractivity contribution in [2.24, 2.45) is 11.3 Å². The molecule has 162 valence electrons. The minimum absolute atomic E-state index is 0.0579. The SMILES string of the molecule is CC(C)c1ccc(-n2nc([C@@H]3C[C@H]3c3ccccc3)c3c2CC(C)(C)C(C#N)C3=O)cc1. The van der Waals surface area contributed by atoms with Crippen molar-refractivity contribution in [3.63, 3.8) is 0 Å². The van der Waals surface area contributed by atoms with Gasteiger partial charge < -0.3 is 0 Å². The van der Waals surface area contributed by atoms with Gasteiger partial charge in [-0.25, -0.2) is 4.68 Å². The smallest absolute Gasteiger partial charge is 0.184 e. The van der Waals surface area contributed by atoms with Crippen LogP contribution in [0.25, 0.3) is 5.69 Å². The van der Waals surface area contributed by atoms with E-state index in [0.717, 1.165) is 23.5 Å². The van der Waals surface area contributed by atoms with Gasteiger partial charge in [-0.05, 0) is 53.4 Å². The normalized spacial score (nSPS) is 23.6. The number of carbonyl (C=O) groups is 1. The molecule has 4 nitrogen and oxygen atoms in total. The summed E-state index contributed by atoms with van der Waals surface area (Å²) in [7, 11) is 0. The van der Waals surface area contributed by atoms with Gasteiger partial charge in [0.05, 0.1) is 28.7 Å². The number of benzene rings is 2. The number of hydrogen-bond donors (Lipinski definition) is 0. The van der Waals surface area contributed by atoms with Crippen LogP contribution in [0.1, 0.15) is 84.7 Å². The molecule has 4 heteroatoms. The first kappa shape index (κ1) is 20.7. The van der Waals surface area contributed by atoms with E-state index in [-0.39, 0.29) is 11.7 Å². The predicted molar refractivity (Wildman–Crippen MR) is 125 cm³/mol. The van der Waals surface area contributed by atoms with E-state index in [2.05, 4.69) is 68.4 Å². The topological polar surface area (TPSA) is 58.7 Å². The Bertz CT molecular complexity index is 1210. The number of fused-ring (bicyclic) bond motifs is 1. The van der Waals surface area contributed by atoms with Crippen LogP contribution in [0.2, 0.25) is 0 Å². The van der Waals surface area contributed by atoms with Gasteiger partial charge in [0.2, 0.25) is 0 Å². The van der Waals surface area contributed by atoms with Gasteiger partial charge in [0, 0.05) is 5.92 Å². The first-order chi connectivity index (χ1) is 15.3. The summed E-state index contributed by atoms with van der Waals surface area (Å²) in [6.45, 7) is 8.40. The van der Waals surface area contributed by atoms with Crippen molar-refractivity contribution >= 4 is 5.78 Å². The number of rotatable bonds is 4. The maximum Gasteiger partial charge on any atom is 0.184 e. The summed E-state index contributed by atoms with van der Waals surface area (Å²) < 4.78 is 1.97. The van der Waals surface area contributed by atoms with Crippen LogP contribution in [0.4, 0.5) is 0 Å². The molecule has 2 aliphatic carbocycles. The lowest BCUT2D eigenvalue weighted by atomic mass is 9.67. The summed E-state index contributed by atoms with van der Waals surface area (Å²) in [6.07, 6.45) is 1.65. The van der Waals surface area contributed by atoms with E-state index < -0.39 is 11.3 Å². The Morgan fingerprint density at radius 1 is 1.06 bits per heavy atom. The Hall–Kier alpha value is -3.19. The molecule has 0 bridgehead atoms. The summed E-state index contributed by atoms with van der Waals surface area (Å²) in [4.78, 5) is 13.6. The molecule has 2 aromatic carbocycles. The van der Waals surface area contributed by atoms with Gasteiger partial charge in [0.15, 0.2) is 5.78 Å². The van der Waals surface area contributed by atoms with Crippen molar-refractivity contribution < 1.29 is 4.79 Å². The van der Waals surface area contributed by atoms with E-state index >= 15 is 0 Å². The standard InChI is InChI=1S/C28H29N3O/c1-17(2)18-10-12-20(13-11-18)31-24-15-28(3,4)23(16-29)27(32)25(24)26(30-31)22-14-21(22)19-8-6-5-7-9-19/h5-13,17,21-23H,14-15H2,1-4H3/t21-,22+,23?/m0/s1. The number of carbonyl (C=O) groups excluding carboxylic acids is 1. The fourth-order valence-electron chi connectivity index (χ4n) is 5.21. The molecule has 0 amide bonds. The van der Waals surface area contributed by atoms with Crippen molar-refractivity contribution in [1.82, 2.24) is 9.78 Å². The third-order valence-corrected chi connectivity index (χ3v) is 7.22. The second-order valence-corrected chi connectivity index (χ2v) is 10.3. The molecule has 1 unspecified atom stereocenters. The maximum atomic E-state index is 13.6. The molecule has 1 fully saturated rings. The first-order valence-electron chi connectivity index (χ1n) is 11.5. The number of nitrogens with zero attached hydrogens (tertiary/aromatic N) is 3. The fourth-order valence-corrected chi connectivity index (χ4v) is 5.21. The van der Waals surface area contributed by atoms with Gasteiger partial charge >= 0.3 is 0 Å². The second kappa shape index (κ2) is 7.45. The Morgan fingerprint density at radius 3 is 2.38 bits per heavy atom. The molecule has 3 aromatic rings. The molecule has 0 N–H and O–H groups in total. The minimum Gasteiger partial charge on any atom is -0.293 e. The van der Waals surface area contributed by atoms with Gasteiger partial charge in [-0.3, -0.25) is 4.79 Å². The molecule has 1 aromatic heterocycles. The highest BCUT2D eigenvalue weighted by Crippen LogP contribution is 2.56. The highest BCUT2D eigenvalue weighted by atomic mass is 16.1. The lowest BCUT2D eigenvalue weighted by molar-refractivity contribution is 0.0833. The summed E-state index contributed by atoms with van der Waals surface area (Å²) in [5, 5.41) is 14.9. The minimum atomic E-state index is -0.636. The predicted octanol–water partition coefficient (Wildman–Crippen LogP) is 6.17. The quantitative estimate of drug-likeness (QED) is 0.504. The highest BCUT2D eigenvalue weighted by Gasteiger charge is 2.50. The van der Waals surface area contributed by atoms with Crippen LogP contribution in [0.15, 0.2) is 54.6 Å². The molecular formula is C28H29N3O. The Kier molecular flexibility index (Phi) is 4.82. The third kappa shape index (κ3) is 3.28. The number of hydrogen-bond acceptors (Lipinski definition) is 3. The molecule has 5 rings (SSSR count). The molecule has 2 aliphatic rings. The van der Waals surface area contributed by atoms with Crippen molar-refractivity contribution in [2.75, 3.05) is 0 Å². The zero-order chi connectivity index (χ0) is 22.6. The van der Waals surface area contributed by atoms with Crippen LogP contribution in [-0.4, -0.2) is 15.6 Å². The lowest BCUT2D eigenvalue weighted by Gasteiger charge is -2.33. The Balaban J connectivity index is 1.62. The van der Waals surface area contributed by atoms with Gasteiger partial charge in [-0.15, -0.1) is 0 Å². The molecule has 0 saturated heterocycles. The van der Waals surface area contributed by atoms with Crippen LogP contribution in [0.3, 0.4) is 0 Å². The average molecular weight is 424 g/mol. The van der Waals surface area contributed by atoms with E-state index in [0.29, 0.717) is 23.8 Å². The molecule has 32 heavy (non-hydrogen) atoms. The zero-order valence-corrected chi connectivity index (χ0v) is 19.2. The number of Topliss-reactive ketones (excluding diaryl/α,β-unsaturated/α-hetero) is 1. The summed E-state index contributed by atoms with van der Waals surface area (Å²) in [6, 6.07) is 21.2. The van der Waals surface area contributed by atoms with Gasteiger partial charge in [0.1, 0.15) is 5.92 Å². The highest BCUT2D eigenvalue weighted by molar-refractivity contribution is 6.03. The van der Waals surface area contributed by atoms with Crippen LogP contribution in [-0.2, 0) is 6.42 Å². The van der Waals surface area contributed by atoms with E-state index in [4.69, 9.17) is 5.10 Å². The van der Waals surface area contributed by atoms with Crippen molar-refractivity contribution in [3.05, 3.63) is 82.7 Å². The average Bonchev–Trinajstić information content (AvgIpc) is 3.48. The number of aromatic nitrogens is 2. The first-order valence-corrected chi connectivity index (χ1v) is 11.5. The third-order valence-electron chi connectivity index (χ3n) is 7.22. The van der Waals surface area contributed by atoms with E-state index in [1.807, 2.05) is 24.6 Å².